The zero-order valence-corrected chi connectivity index (χ0v) is 18.3. The van der Waals surface area contributed by atoms with E-state index >= 15 is 0 Å². The van der Waals surface area contributed by atoms with Crippen LogP contribution in [0.2, 0.25) is 0 Å². The molecule has 0 aliphatic carbocycles. The largest absolute Gasteiger partial charge is 0.494 e. The van der Waals surface area contributed by atoms with E-state index in [0.29, 0.717) is 19.7 Å². The number of nitrogens with one attached hydrogen (secondary N) is 1. The number of hydrogen-bond acceptors (Lipinski definition) is 6. The highest BCUT2D eigenvalue weighted by molar-refractivity contribution is 5.89. The van der Waals surface area contributed by atoms with Crippen molar-refractivity contribution in [1.29, 1.82) is 0 Å². The lowest BCUT2D eigenvalue weighted by Crippen LogP contribution is -2.50. The van der Waals surface area contributed by atoms with Crippen molar-refractivity contribution in [3.63, 3.8) is 0 Å². The van der Waals surface area contributed by atoms with Crippen molar-refractivity contribution in [1.82, 2.24) is 15.1 Å². The Bertz CT molecular complexity index is 826. The van der Waals surface area contributed by atoms with Crippen LogP contribution in [0.5, 0.6) is 5.75 Å². The van der Waals surface area contributed by atoms with Gasteiger partial charge in [-0.05, 0) is 56.2 Å². The minimum absolute atomic E-state index is 0.0774. The first-order chi connectivity index (χ1) is 15.2. The second-order valence-corrected chi connectivity index (χ2v) is 8.01. The molecule has 0 spiro atoms. The van der Waals surface area contributed by atoms with Gasteiger partial charge in [-0.1, -0.05) is 12.8 Å². The first-order valence-electron chi connectivity index (χ1n) is 11.4. The highest BCUT2D eigenvalue weighted by atomic mass is 16.5. The predicted molar refractivity (Wildman–Crippen MR) is 123 cm³/mol. The predicted octanol–water partition coefficient (Wildman–Crippen LogP) is 3.61. The zero-order valence-electron chi connectivity index (χ0n) is 18.3. The summed E-state index contributed by atoms with van der Waals surface area (Å²) in [6, 6.07) is 11.5. The Morgan fingerprint density at radius 3 is 1.97 bits per heavy atom. The molecule has 8 heteroatoms. The third-order valence-electron chi connectivity index (χ3n) is 5.87. The monoisotopic (exact) mass is 424 g/mol. The fourth-order valence-corrected chi connectivity index (χ4v) is 4.10. The minimum Gasteiger partial charge on any atom is -0.494 e. The maximum atomic E-state index is 12.6. The minimum atomic E-state index is -0.0774. The number of piperazine rings is 1. The molecule has 2 saturated heterocycles. The van der Waals surface area contributed by atoms with Gasteiger partial charge in [0, 0.05) is 45.0 Å². The molecule has 0 bridgehead atoms. The van der Waals surface area contributed by atoms with E-state index in [-0.39, 0.29) is 6.03 Å². The van der Waals surface area contributed by atoms with Crippen LogP contribution < -0.4 is 19.9 Å². The summed E-state index contributed by atoms with van der Waals surface area (Å²) in [5.41, 5.74) is 0.769. The fraction of sp³-hybridized carbons (Fsp3) is 0.522. The zero-order chi connectivity index (χ0) is 21.5. The Labute approximate surface area is 184 Å². The van der Waals surface area contributed by atoms with Gasteiger partial charge in [-0.3, -0.25) is 0 Å². The summed E-state index contributed by atoms with van der Waals surface area (Å²) in [4.78, 5) is 19.0. The molecule has 8 nitrogen and oxygen atoms in total. The molecule has 31 heavy (non-hydrogen) atoms. The van der Waals surface area contributed by atoms with Gasteiger partial charge in [0.15, 0.2) is 11.6 Å². The molecule has 3 heterocycles. The molecule has 2 aliphatic rings. The lowest BCUT2D eigenvalue weighted by atomic mass is 10.2. The van der Waals surface area contributed by atoms with Crippen molar-refractivity contribution < 1.29 is 9.53 Å². The van der Waals surface area contributed by atoms with Crippen molar-refractivity contribution in [3.8, 4) is 5.75 Å². The van der Waals surface area contributed by atoms with Gasteiger partial charge in [0.1, 0.15) is 5.75 Å². The van der Waals surface area contributed by atoms with Crippen LogP contribution in [-0.4, -0.2) is 67.0 Å². The lowest BCUT2D eigenvalue weighted by Gasteiger charge is -2.35. The van der Waals surface area contributed by atoms with E-state index < -0.39 is 0 Å². The van der Waals surface area contributed by atoms with Crippen molar-refractivity contribution in [2.45, 2.75) is 32.6 Å². The van der Waals surface area contributed by atoms with E-state index in [4.69, 9.17) is 4.74 Å². The summed E-state index contributed by atoms with van der Waals surface area (Å²) >= 11 is 0. The van der Waals surface area contributed by atoms with Crippen molar-refractivity contribution >= 4 is 23.4 Å². The van der Waals surface area contributed by atoms with Gasteiger partial charge in [0.2, 0.25) is 0 Å². The maximum absolute atomic E-state index is 12.6. The Hall–Kier alpha value is -3.03. The second kappa shape index (κ2) is 10.3. The first kappa shape index (κ1) is 21.2. The maximum Gasteiger partial charge on any atom is 0.321 e. The normalized spacial score (nSPS) is 17.3. The van der Waals surface area contributed by atoms with E-state index in [0.717, 1.165) is 49.3 Å². The molecule has 0 saturated carbocycles. The van der Waals surface area contributed by atoms with Crippen LogP contribution in [0.25, 0.3) is 0 Å². The number of carbonyl (C=O) groups is 1. The lowest BCUT2D eigenvalue weighted by molar-refractivity contribution is 0.208. The highest BCUT2D eigenvalue weighted by Crippen LogP contribution is 2.20. The Balaban J connectivity index is 1.27. The van der Waals surface area contributed by atoms with Crippen LogP contribution in [-0.2, 0) is 0 Å². The van der Waals surface area contributed by atoms with Crippen LogP contribution in [0.3, 0.4) is 0 Å². The molecule has 1 aromatic carbocycles. The molecular formula is C23H32N6O2. The standard InChI is InChI=1S/C23H32N6O2/c1-2-31-20-9-7-19(8-10-20)24-23(30)29-17-15-28(16-18-29)22-12-11-21(25-26-22)27-13-5-3-4-6-14-27/h7-12H,2-6,13-18H2,1H3,(H,24,30). The van der Waals surface area contributed by atoms with Gasteiger partial charge in [-0.15, -0.1) is 10.2 Å². The molecular weight excluding hydrogens is 392 g/mol. The van der Waals surface area contributed by atoms with Crippen LogP contribution in [0.4, 0.5) is 22.1 Å². The Morgan fingerprint density at radius 2 is 1.42 bits per heavy atom. The number of nitrogens with zero attached hydrogens (tertiary/aromatic N) is 5. The molecule has 0 atom stereocenters. The summed E-state index contributed by atoms with van der Waals surface area (Å²) in [5, 5.41) is 11.9. The van der Waals surface area contributed by atoms with Crippen LogP contribution in [0.1, 0.15) is 32.6 Å². The molecule has 2 amide bonds. The summed E-state index contributed by atoms with van der Waals surface area (Å²) in [6.07, 6.45) is 5.06. The van der Waals surface area contributed by atoms with E-state index in [1.807, 2.05) is 36.1 Å². The number of carbonyl (C=O) groups excluding carboxylic acids is 1. The van der Waals surface area contributed by atoms with E-state index in [2.05, 4.69) is 37.4 Å². The Morgan fingerprint density at radius 1 is 0.839 bits per heavy atom. The van der Waals surface area contributed by atoms with Gasteiger partial charge < -0.3 is 24.8 Å². The molecule has 2 aliphatic heterocycles. The molecule has 1 N–H and O–H groups in total. The third-order valence-corrected chi connectivity index (χ3v) is 5.87. The van der Waals surface area contributed by atoms with Gasteiger partial charge >= 0.3 is 6.03 Å². The van der Waals surface area contributed by atoms with Gasteiger partial charge in [0.05, 0.1) is 6.61 Å². The van der Waals surface area contributed by atoms with E-state index in [1.165, 1.54) is 25.7 Å². The highest BCUT2D eigenvalue weighted by Gasteiger charge is 2.22. The summed E-state index contributed by atoms with van der Waals surface area (Å²) in [6.45, 7) is 7.50. The second-order valence-electron chi connectivity index (χ2n) is 8.01. The van der Waals surface area contributed by atoms with E-state index in [1.54, 1.807) is 0 Å². The number of aromatic nitrogens is 2. The molecule has 2 fully saturated rings. The quantitative estimate of drug-likeness (QED) is 0.790. The van der Waals surface area contributed by atoms with Crippen molar-refractivity contribution in [2.24, 2.45) is 0 Å². The number of rotatable bonds is 5. The number of amides is 2. The summed E-state index contributed by atoms with van der Waals surface area (Å²) in [7, 11) is 0. The molecule has 166 valence electrons. The molecule has 1 aromatic heterocycles. The summed E-state index contributed by atoms with van der Waals surface area (Å²) < 4.78 is 5.44. The number of anilines is 3. The van der Waals surface area contributed by atoms with Crippen LogP contribution in [0.15, 0.2) is 36.4 Å². The van der Waals surface area contributed by atoms with Crippen LogP contribution in [0, 0.1) is 0 Å². The van der Waals surface area contributed by atoms with Gasteiger partial charge in [0.25, 0.3) is 0 Å². The molecule has 0 radical (unpaired) electrons. The molecule has 4 rings (SSSR count). The average Bonchev–Trinajstić information content (AvgIpc) is 3.10. The number of urea groups is 1. The van der Waals surface area contributed by atoms with E-state index in [9.17, 15) is 4.79 Å². The van der Waals surface area contributed by atoms with Gasteiger partial charge in [-0.2, -0.15) is 0 Å². The summed E-state index contributed by atoms with van der Waals surface area (Å²) in [5.74, 6) is 2.65. The number of benzene rings is 1. The third kappa shape index (κ3) is 5.57. The molecule has 0 unspecified atom stereocenters. The molecule has 2 aromatic rings. The van der Waals surface area contributed by atoms with Gasteiger partial charge in [-0.25, -0.2) is 4.79 Å². The average molecular weight is 425 g/mol. The Kier molecular flexibility index (Phi) is 7.07. The van der Waals surface area contributed by atoms with Crippen molar-refractivity contribution in [3.05, 3.63) is 36.4 Å². The topological polar surface area (TPSA) is 73.8 Å². The number of hydrogen-bond donors (Lipinski definition) is 1. The number of ether oxygens (including phenoxy) is 1. The first-order valence-corrected chi connectivity index (χ1v) is 11.4. The SMILES string of the molecule is CCOc1ccc(NC(=O)N2CCN(c3ccc(N4CCCCCC4)nn3)CC2)cc1. The fourth-order valence-electron chi connectivity index (χ4n) is 4.10. The van der Waals surface area contributed by atoms with Crippen molar-refractivity contribution in [2.75, 3.05) is 61.0 Å². The smallest absolute Gasteiger partial charge is 0.321 e. The van der Waals surface area contributed by atoms with Crippen LogP contribution >= 0.6 is 0 Å².